The quantitative estimate of drug-likeness (QED) is 0.833. The average molecular weight is 347 g/mol. The summed E-state index contributed by atoms with van der Waals surface area (Å²) in [5, 5.41) is 8.53. The van der Waals surface area contributed by atoms with Gasteiger partial charge in [0, 0.05) is 37.6 Å². The molecule has 0 bridgehead atoms. The average Bonchev–Trinajstić information content (AvgIpc) is 3.16. The predicted molar refractivity (Wildman–Crippen MR) is 95.3 cm³/mol. The molecule has 0 N–H and O–H groups in total. The Balaban J connectivity index is 1.56. The van der Waals surface area contributed by atoms with Crippen LogP contribution in [0.2, 0.25) is 0 Å². The molecule has 7 heteroatoms. The van der Waals surface area contributed by atoms with Crippen molar-refractivity contribution in [3.8, 4) is 0 Å². The Hall–Kier alpha value is -1.73. The van der Waals surface area contributed by atoms with Gasteiger partial charge in [-0.1, -0.05) is 6.92 Å². The molecule has 0 unspecified atom stereocenters. The molecule has 1 fully saturated rings. The van der Waals surface area contributed by atoms with Gasteiger partial charge >= 0.3 is 0 Å². The predicted octanol–water partition coefficient (Wildman–Crippen LogP) is 2.32. The number of nitrogens with zero attached hydrogens (tertiary/aromatic N) is 5. The third kappa shape index (κ3) is 3.67. The molecule has 1 amide bonds. The molecular formula is C17H25N5OS. The van der Waals surface area contributed by atoms with Crippen molar-refractivity contribution < 1.29 is 4.79 Å². The Labute approximate surface area is 147 Å². The number of aryl methyl sites for hydroxylation is 2. The van der Waals surface area contributed by atoms with E-state index in [9.17, 15) is 4.79 Å². The number of amides is 1. The van der Waals surface area contributed by atoms with Gasteiger partial charge in [-0.3, -0.25) is 9.69 Å². The zero-order valence-corrected chi connectivity index (χ0v) is 15.5. The van der Waals surface area contributed by atoms with Crippen molar-refractivity contribution in [3.05, 3.63) is 33.5 Å². The number of piperazine rings is 1. The minimum absolute atomic E-state index is 0.165. The van der Waals surface area contributed by atoms with E-state index in [1.54, 1.807) is 11.3 Å². The Morgan fingerprint density at radius 3 is 2.54 bits per heavy atom. The molecule has 1 aliphatic rings. The molecule has 1 saturated heterocycles. The van der Waals surface area contributed by atoms with Crippen LogP contribution in [-0.4, -0.2) is 56.7 Å². The summed E-state index contributed by atoms with van der Waals surface area (Å²) in [5.74, 6) is 2.18. The molecule has 0 spiro atoms. The Morgan fingerprint density at radius 2 is 1.92 bits per heavy atom. The smallest absolute Gasteiger partial charge is 0.264 e. The lowest BCUT2D eigenvalue weighted by molar-refractivity contribution is 0.0628. The van der Waals surface area contributed by atoms with Gasteiger partial charge in [-0.05, 0) is 32.4 Å². The van der Waals surface area contributed by atoms with Crippen molar-refractivity contribution >= 4 is 17.2 Å². The van der Waals surface area contributed by atoms with Crippen LogP contribution >= 0.6 is 11.3 Å². The summed E-state index contributed by atoms with van der Waals surface area (Å²) >= 11 is 1.58. The van der Waals surface area contributed by atoms with Crippen molar-refractivity contribution in [1.29, 1.82) is 0 Å². The van der Waals surface area contributed by atoms with Gasteiger partial charge in [0.2, 0.25) is 0 Å². The highest BCUT2D eigenvalue weighted by molar-refractivity contribution is 7.13. The summed E-state index contributed by atoms with van der Waals surface area (Å²) in [4.78, 5) is 18.9. The Kier molecular flexibility index (Phi) is 5.30. The topological polar surface area (TPSA) is 54.3 Å². The molecule has 0 radical (unpaired) electrons. The van der Waals surface area contributed by atoms with Gasteiger partial charge in [0.05, 0.1) is 11.4 Å². The van der Waals surface area contributed by atoms with E-state index in [4.69, 9.17) is 0 Å². The molecule has 0 aromatic carbocycles. The van der Waals surface area contributed by atoms with Crippen molar-refractivity contribution in [2.75, 3.05) is 26.2 Å². The zero-order valence-electron chi connectivity index (χ0n) is 14.7. The van der Waals surface area contributed by atoms with E-state index in [1.165, 1.54) is 4.88 Å². The number of rotatable bonds is 5. The first kappa shape index (κ1) is 17.1. The van der Waals surface area contributed by atoms with Gasteiger partial charge in [0.1, 0.15) is 11.6 Å². The fraction of sp³-hybridized carbons (Fsp3) is 0.588. The second-order valence-corrected chi connectivity index (χ2v) is 7.58. The van der Waals surface area contributed by atoms with E-state index in [0.29, 0.717) is 0 Å². The van der Waals surface area contributed by atoms with E-state index in [2.05, 4.69) is 26.6 Å². The first-order chi connectivity index (χ1) is 11.6. The second kappa shape index (κ2) is 7.44. The van der Waals surface area contributed by atoms with Crippen molar-refractivity contribution in [2.24, 2.45) is 0 Å². The lowest BCUT2D eigenvalue weighted by Gasteiger charge is -2.34. The van der Waals surface area contributed by atoms with Crippen LogP contribution in [0, 0.1) is 13.8 Å². The van der Waals surface area contributed by atoms with Crippen LogP contribution in [0.4, 0.5) is 0 Å². The standard InChI is InChI=1S/C17H25N5OS/c1-4-7-22-14(3)18-19-16(22)12-20-8-10-21(11-9-20)17(23)15-6-5-13(2)24-15/h5-6H,4,7-12H2,1-3H3. The molecule has 6 nitrogen and oxygen atoms in total. The van der Waals surface area contributed by atoms with Crippen molar-refractivity contribution in [2.45, 2.75) is 40.3 Å². The monoisotopic (exact) mass is 347 g/mol. The number of carbonyl (C=O) groups is 1. The third-order valence-electron chi connectivity index (χ3n) is 4.44. The maximum atomic E-state index is 12.5. The molecule has 0 atom stereocenters. The van der Waals surface area contributed by atoms with Crippen LogP contribution in [0.3, 0.4) is 0 Å². The summed E-state index contributed by atoms with van der Waals surface area (Å²) in [6.45, 7) is 11.3. The highest BCUT2D eigenvalue weighted by atomic mass is 32.1. The third-order valence-corrected chi connectivity index (χ3v) is 5.42. The minimum Gasteiger partial charge on any atom is -0.335 e. The molecule has 3 rings (SSSR count). The van der Waals surface area contributed by atoms with Crippen LogP contribution in [0.1, 0.15) is 39.5 Å². The lowest BCUT2D eigenvalue weighted by Crippen LogP contribution is -2.48. The molecule has 130 valence electrons. The summed E-state index contributed by atoms with van der Waals surface area (Å²) in [6, 6.07) is 3.95. The van der Waals surface area contributed by atoms with E-state index in [0.717, 1.165) is 62.2 Å². The maximum absolute atomic E-state index is 12.5. The second-order valence-electron chi connectivity index (χ2n) is 6.29. The SMILES string of the molecule is CCCn1c(C)nnc1CN1CCN(C(=O)c2ccc(C)s2)CC1. The van der Waals surface area contributed by atoms with E-state index in [-0.39, 0.29) is 5.91 Å². The molecule has 1 aliphatic heterocycles. The summed E-state index contributed by atoms with van der Waals surface area (Å²) in [5.41, 5.74) is 0. The van der Waals surface area contributed by atoms with E-state index in [1.807, 2.05) is 30.9 Å². The van der Waals surface area contributed by atoms with Gasteiger partial charge in [0.25, 0.3) is 5.91 Å². The van der Waals surface area contributed by atoms with Crippen molar-refractivity contribution in [3.63, 3.8) is 0 Å². The largest absolute Gasteiger partial charge is 0.335 e. The van der Waals surface area contributed by atoms with E-state index < -0.39 is 0 Å². The number of carbonyl (C=O) groups excluding carboxylic acids is 1. The molecule has 2 aromatic heterocycles. The van der Waals surface area contributed by atoms with E-state index >= 15 is 0 Å². The maximum Gasteiger partial charge on any atom is 0.264 e. The number of aromatic nitrogens is 3. The molecule has 0 aliphatic carbocycles. The summed E-state index contributed by atoms with van der Waals surface area (Å²) in [7, 11) is 0. The Morgan fingerprint density at radius 1 is 1.17 bits per heavy atom. The first-order valence-electron chi connectivity index (χ1n) is 8.55. The fourth-order valence-corrected chi connectivity index (χ4v) is 3.91. The normalized spacial score (nSPS) is 15.9. The highest BCUT2D eigenvalue weighted by Crippen LogP contribution is 2.18. The van der Waals surface area contributed by atoms with Crippen LogP contribution < -0.4 is 0 Å². The Bertz CT molecular complexity index is 700. The first-order valence-corrected chi connectivity index (χ1v) is 9.37. The molecule has 24 heavy (non-hydrogen) atoms. The number of hydrogen-bond acceptors (Lipinski definition) is 5. The fourth-order valence-electron chi connectivity index (χ4n) is 3.07. The zero-order chi connectivity index (χ0) is 17.1. The lowest BCUT2D eigenvalue weighted by atomic mass is 10.3. The molecule has 2 aromatic rings. The van der Waals surface area contributed by atoms with Gasteiger partial charge < -0.3 is 9.47 Å². The summed E-state index contributed by atoms with van der Waals surface area (Å²) < 4.78 is 2.20. The van der Waals surface area contributed by atoms with Crippen molar-refractivity contribution in [1.82, 2.24) is 24.6 Å². The van der Waals surface area contributed by atoms with Crippen LogP contribution in [0.15, 0.2) is 12.1 Å². The molecule has 0 saturated carbocycles. The molecule has 3 heterocycles. The van der Waals surface area contributed by atoms with Crippen LogP contribution in [0.5, 0.6) is 0 Å². The minimum atomic E-state index is 0.165. The van der Waals surface area contributed by atoms with Crippen LogP contribution in [-0.2, 0) is 13.1 Å². The van der Waals surface area contributed by atoms with Gasteiger partial charge in [0.15, 0.2) is 0 Å². The summed E-state index contributed by atoms with van der Waals surface area (Å²) in [6.07, 6.45) is 1.08. The molecular weight excluding hydrogens is 322 g/mol. The van der Waals surface area contributed by atoms with Gasteiger partial charge in [-0.15, -0.1) is 21.5 Å². The van der Waals surface area contributed by atoms with Crippen LogP contribution in [0.25, 0.3) is 0 Å². The number of thiophene rings is 1. The van der Waals surface area contributed by atoms with Gasteiger partial charge in [-0.25, -0.2) is 0 Å². The van der Waals surface area contributed by atoms with Gasteiger partial charge in [-0.2, -0.15) is 0 Å². The number of hydrogen-bond donors (Lipinski definition) is 0. The highest BCUT2D eigenvalue weighted by Gasteiger charge is 2.24.